The van der Waals surface area contributed by atoms with Crippen LogP contribution in [0.25, 0.3) is 5.57 Å². The molecule has 0 amide bonds. The highest BCUT2D eigenvalue weighted by Gasteiger charge is 1.90. The van der Waals surface area contributed by atoms with Gasteiger partial charge in [0.1, 0.15) is 0 Å². The summed E-state index contributed by atoms with van der Waals surface area (Å²) in [6.45, 7) is 5.55. The lowest BCUT2D eigenvalue weighted by Gasteiger charge is -1.95. The summed E-state index contributed by atoms with van der Waals surface area (Å²) in [5.41, 5.74) is 1.59. The van der Waals surface area contributed by atoms with Crippen LogP contribution in [0.3, 0.4) is 0 Å². The van der Waals surface area contributed by atoms with Crippen LogP contribution in [0.4, 0.5) is 0 Å². The Hall–Kier alpha value is -1.31. The molecule has 1 N–H and O–H groups in total. The fourth-order valence-electron chi connectivity index (χ4n) is 0.697. The van der Waals surface area contributed by atoms with Gasteiger partial charge in [-0.25, -0.2) is 0 Å². The summed E-state index contributed by atoms with van der Waals surface area (Å²) in [6.07, 6.45) is 0. The summed E-state index contributed by atoms with van der Waals surface area (Å²) < 4.78 is 0. The Kier molecular flexibility index (Phi) is 1.71. The van der Waals surface area contributed by atoms with Gasteiger partial charge in [0.25, 0.3) is 0 Å². The van der Waals surface area contributed by atoms with Crippen LogP contribution in [0.1, 0.15) is 12.6 Å². The summed E-state index contributed by atoms with van der Waals surface area (Å²) in [7, 11) is 0. The molecule has 0 aliphatic heterocycles. The van der Waals surface area contributed by atoms with Crippen molar-refractivity contribution in [3.8, 4) is 0 Å². The standard InChI is InChI=1S/C8H9NO/c1-6(2)7-4-3-5-8(10)9-7/h3-5H,1H2,2H3,(H,9,10). The first-order chi connectivity index (χ1) is 4.70. The Balaban J connectivity index is 3.20. The summed E-state index contributed by atoms with van der Waals surface area (Å²) >= 11 is 0. The maximum atomic E-state index is 10.7. The third-order valence-corrected chi connectivity index (χ3v) is 1.23. The second-order valence-corrected chi connectivity index (χ2v) is 2.21. The molecule has 1 heterocycles. The number of allylic oxidation sites excluding steroid dienone is 1. The Labute approximate surface area is 59.2 Å². The van der Waals surface area contributed by atoms with Crippen molar-refractivity contribution >= 4 is 5.57 Å². The molecule has 0 unspecified atom stereocenters. The van der Waals surface area contributed by atoms with Crippen LogP contribution in [0.5, 0.6) is 0 Å². The normalized spacial score (nSPS) is 9.30. The van der Waals surface area contributed by atoms with Gasteiger partial charge in [-0.3, -0.25) is 4.79 Å². The number of aromatic nitrogens is 1. The predicted octanol–water partition coefficient (Wildman–Crippen LogP) is 1.41. The zero-order valence-electron chi connectivity index (χ0n) is 5.85. The van der Waals surface area contributed by atoms with Gasteiger partial charge in [0, 0.05) is 11.8 Å². The van der Waals surface area contributed by atoms with Gasteiger partial charge in [-0.05, 0) is 18.6 Å². The van der Waals surface area contributed by atoms with E-state index in [2.05, 4.69) is 11.6 Å². The number of hydrogen-bond donors (Lipinski definition) is 1. The molecule has 0 aromatic carbocycles. The number of rotatable bonds is 1. The van der Waals surface area contributed by atoms with Crippen molar-refractivity contribution in [2.24, 2.45) is 0 Å². The maximum Gasteiger partial charge on any atom is 0.248 e. The van der Waals surface area contributed by atoms with E-state index in [1.165, 1.54) is 6.07 Å². The summed E-state index contributed by atoms with van der Waals surface area (Å²) in [5.74, 6) is 0. The lowest BCUT2D eigenvalue weighted by molar-refractivity contribution is 1.20. The van der Waals surface area contributed by atoms with Crippen LogP contribution in [0, 0.1) is 0 Å². The minimum absolute atomic E-state index is 0.0829. The van der Waals surface area contributed by atoms with Gasteiger partial charge in [0.05, 0.1) is 0 Å². The molecule has 10 heavy (non-hydrogen) atoms. The molecule has 0 bridgehead atoms. The topological polar surface area (TPSA) is 32.9 Å². The number of aromatic amines is 1. The fraction of sp³-hybridized carbons (Fsp3) is 0.125. The van der Waals surface area contributed by atoms with Gasteiger partial charge in [-0.1, -0.05) is 12.6 Å². The van der Waals surface area contributed by atoms with Gasteiger partial charge < -0.3 is 4.98 Å². The van der Waals surface area contributed by atoms with E-state index in [1.54, 1.807) is 6.07 Å². The minimum Gasteiger partial charge on any atom is -0.322 e. The van der Waals surface area contributed by atoms with Crippen LogP contribution in [-0.2, 0) is 0 Å². The van der Waals surface area contributed by atoms with Crippen LogP contribution in [0.15, 0.2) is 29.6 Å². The molecule has 0 radical (unpaired) electrons. The second-order valence-electron chi connectivity index (χ2n) is 2.21. The monoisotopic (exact) mass is 135 g/mol. The molecule has 0 atom stereocenters. The second kappa shape index (κ2) is 2.52. The summed E-state index contributed by atoms with van der Waals surface area (Å²) in [6, 6.07) is 5.01. The van der Waals surface area contributed by atoms with E-state index in [1.807, 2.05) is 13.0 Å². The van der Waals surface area contributed by atoms with E-state index in [-0.39, 0.29) is 5.56 Å². The van der Waals surface area contributed by atoms with Crippen LogP contribution >= 0.6 is 0 Å². The first-order valence-electron chi connectivity index (χ1n) is 3.05. The first-order valence-corrected chi connectivity index (χ1v) is 3.05. The third-order valence-electron chi connectivity index (χ3n) is 1.23. The molecule has 0 spiro atoms. The highest BCUT2D eigenvalue weighted by molar-refractivity contribution is 5.56. The molecular formula is C8H9NO. The van der Waals surface area contributed by atoms with E-state index < -0.39 is 0 Å². The maximum absolute atomic E-state index is 10.7. The van der Waals surface area contributed by atoms with Crippen molar-refractivity contribution in [1.82, 2.24) is 4.98 Å². The Morgan fingerprint density at radius 3 is 2.70 bits per heavy atom. The van der Waals surface area contributed by atoms with E-state index in [9.17, 15) is 4.79 Å². The molecule has 2 nitrogen and oxygen atoms in total. The van der Waals surface area contributed by atoms with E-state index in [0.717, 1.165) is 11.3 Å². The molecule has 1 aromatic rings. The first kappa shape index (κ1) is 6.81. The molecule has 1 aromatic heterocycles. The van der Waals surface area contributed by atoms with Crippen molar-refractivity contribution in [3.05, 3.63) is 40.8 Å². The van der Waals surface area contributed by atoms with Crippen molar-refractivity contribution in [2.45, 2.75) is 6.92 Å². The molecule has 0 saturated carbocycles. The van der Waals surface area contributed by atoms with Crippen LogP contribution in [0.2, 0.25) is 0 Å². The fourth-order valence-corrected chi connectivity index (χ4v) is 0.697. The lowest BCUT2D eigenvalue weighted by Crippen LogP contribution is -2.04. The van der Waals surface area contributed by atoms with E-state index in [4.69, 9.17) is 0 Å². The Morgan fingerprint density at radius 2 is 2.30 bits per heavy atom. The van der Waals surface area contributed by atoms with Crippen LogP contribution < -0.4 is 5.56 Å². The number of hydrogen-bond acceptors (Lipinski definition) is 1. The quantitative estimate of drug-likeness (QED) is 0.620. The van der Waals surface area contributed by atoms with Gasteiger partial charge >= 0.3 is 0 Å². The van der Waals surface area contributed by atoms with Crippen molar-refractivity contribution in [3.63, 3.8) is 0 Å². The molecule has 0 saturated heterocycles. The number of pyridine rings is 1. The summed E-state index contributed by atoms with van der Waals surface area (Å²) in [5, 5.41) is 0. The highest BCUT2D eigenvalue weighted by Crippen LogP contribution is 2.03. The molecular weight excluding hydrogens is 126 g/mol. The molecule has 0 aliphatic carbocycles. The van der Waals surface area contributed by atoms with Gasteiger partial charge in [-0.15, -0.1) is 0 Å². The summed E-state index contributed by atoms with van der Waals surface area (Å²) in [4.78, 5) is 13.3. The van der Waals surface area contributed by atoms with Crippen molar-refractivity contribution in [1.29, 1.82) is 0 Å². The zero-order valence-corrected chi connectivity index (χ0v) is 5.85. The van der Waals surface area contributed by atoms with E-state index >= 15 is 0 Å². The lowest BCUT2D eigenvalue weighted by atomic mass is 10.2. The molecule has 2 heteroatoms. The average molecular weight is 135 g/mol. The predicted molar refractivity (Wildman–Crippen MR) is 41.8 cm³/mol. The van der Waals surface area contributed by atoms with Crippen molar-refractivity contribution in [2.75, 3.05) is 0 Å². The van der Waals surface area contributed by atoms with Crippen molar-refractivity contribution < 1.29 is 0 Å². The molecule has 1 rings (SSSR count). The smallest absolute Gasteiger partial charge is 0.248 e. The van der Waals surface area contributed by atoms with Gasteiger partial charge in [0.2, 0.25) is 5.56 Å². The van der Waals surface area contributed by atoms with Crippen LogP contribution in [-0.4, -0.2) is 4.98 Å². The molecule has 52 valence electrons. The SMILES string of the molecule is C=C(C)c1cccc(=O)[nH]1. The number of H-pyrrole nitrogens is 1. The molecule has 0 fully saturated rings. The largest absolute Gasteiger partial charge is 0.322 e. The number of nitrogens with one attached hydrogen (secondary N) is 1. The average Bonchev–Trinajstić information content (AvgIpc) is 1.88. The van der Waals surface area contributed by atoms with Gasteiger partial charge in [-0.2, -0.15) is 0 Å². The minimum atomic E-state index is -0.0829. The Morgan fingerprint density at radius 1 is 1.60 bits per heavy atom. The third kappa shape index (κ3) is 1.35. The molecule has 0 aliphatic rings. The zero-order chi connectivity index (χ0) is 7.56. The Bertz CT molecular complexity index is 298. The van der Waals surface area contributed by atoms with E-state index in [0.29, 0.717) is 0 Å². The highest BCUT2D eigenvalue weighted by atomic mass is 16.1. The van der Waals surface area contributed by atoms with Gasteiger partial charge in [0.15, 0.2) is 0 Å².